The molecule has 0 aliphatic rings. The van der Waals surface area contributed by atoms with Gasteiger partial charge in [-0.1, -0.05) is 28.1 Å². The number of aromatic hydroxyl groups is 1. The Morgan fingerprint density at radius 2 is 1.93 bits per heavy atom. The molecule has 0 radical (unpaired) electrons. The van der Waals surface area contributed by atoms with E-state index in [0.717, 1.165) is 39.6 Å². The van der Waals surface area contributed by atoms with Crippen molar-refractivity contribution in [2.45, 2.75) is 6.92 Å². The third-order valence-electron chi connectivity index (χ3n) is 4.09. The number of phenols is 1. The molecule has 3 aromatic rings. The number of halogens is 1. The summed E-state index contributed by atoms with van der Waals surface area (Å²) >= 11 is 4.47. The lowest BCUT2D eigenvalue weighted by atomic mass is 10.0. The number of phenolic OH excluding ortho intramolecular Hbond substituents is 1. The summed E-state index contributed by atoms with van der Waals surface area (Å²) in [5.74, 6) is -1.82. The molecule has 1 amide bonds. The van der Waals surface area contributed by atoms with Crippen LogP contribution in [0.2, 0.25) is 0 Å². The van der Waals surface area contributed by atoms with E-state index in [0.29, 0.717) is 5.56 Å². The van der Waals surface area contributed by atoms with Crippen LogP contribution in [0.3, 0.4) is 0 Å². The van der Waals surface area contributed by atoms with E-state index in [4.69, 9.17) is 4.74 Å². The molecule has 8 nitrogen and oxygen atoms in total. The Labute approximate surface area is 183 Å². The Morgan fingerprint density at radius 3 is 2.57 bits per heavy atom. The van der Waals surface area contributed by atoms with Crippen molar-refractivity contribution in [1.82, 2.24) is 0 Å². The Balaban J connectivity index is 2.01. The van der Waals surface area contributed by atoms with Crippen molar-refractivity contribution in [2.24, 2.45) is 0 Å². The number of esters is 1. The summed E-state index contributed by atoms with van der Waals surface area (Å²) in [7, 11) is 0. The van der Waals surface area contributed by atoms with Crippen molar-refractivity contribution < 1.29 is 24.4 Å². The molecule has 0 bridgehead atoms. The number of hydrogen-bond donors (Lipinski definition) is 2. The van der Waals surface area contributed by atoms with E-state index in [2.05, 4.69) is 21.2 Å². The van der Waals surface area contributed by atoms with Crippen LogP contribution in [0.15, 0.2) is 52.3 Å². The van der Waals surface area contributed by atoms with Crippen molar-refractivity contribution in [3.8, 4) is 16.9 Å². The van der Waals surface area contributed by atoms with Gasteiger partial charge in [0, 0.05) is 27.5 Å². The number of nitro benzene ring substituents is 1. The molecule has 1 heterocycles. The summed E-state index contributed by atoms with van der Waals surface area (Å²) in [6.07, 6.45) is 0. The number of nitrogens with zero attached hydrogens (tertiary/aromatic N) is 1. The Bertz CT molecular complexity index is 1130. The van der Waals surface area contributed by atoms with Gasteiger partial charge < -0.3 is 15.2 Å². The zero-order valence-corrected chi connectivity index (χ0v) is 18.0. The van der Waals surface area contributed by atoms with Crippen LogP contribution in [0.1, 0.15) is 27.6 Å². The highest BCUT2D eigenvalue weighted by Gasteiger charge is 2.24. The fraction of sp³-hybridized carbons (Fsp3) is 0.100. The number of rotatable bonds is 6. The van der Waals surface area contributed by atoms with Gasteiger partial charge in [0.05, 0.1) is 17.1 Å². The molecule has 2 N–H and O–H groups in total. The Hall–Kier alpha value is -3.24. The highest BCUT2D eigenvalue weighted by atomic mass is 79.9. The maximum Gasteiger partial charge on any atom is 0.341 e. The monoisotopic (exact) mass is 490 g/mol. The minimum absolute atomic E-state index is 0.146. The standard InChI is InChI=1S/C20H15BrN2O6S/c1-2-29-20(26)17-15(11-3-5-12(21)6-4-11)10-30-19(17)22-18(25)14-9-13(23(27)28)7-8-16(14)24/h3-10,24H,2H2,1H3,(H,22,25). The number of carbonyl (C=O) groups excluding carboxylic acids is 2. The van der Waals surface area contributed by atoms with Crippen LogP contribution in [0.4, 0.5) is 10.7 Å². The molecular weight excluding hydrogens is 476 g/mol. The fourth-order valence-corrected chi connectivity index (χ4v) is 3.90. The maximum atomic E-state index is 12.7. The first-order valence-corrected chi connectivity index (χ1v) is 10.3. The number of non-ortho nitro benzene ring substituents is 1. The number of benzene rings is 2. The second kappa shape index (κ2) is 9.06. The molecule has 10 heteroatoms. The third kappa shape index (κ3) is 4.50. The van der Waals surface area contributed by atoms with Gasteiger partial charge in [-0.15, -0.1) is 11.3 Å². The van der Waals surface area contributed by atoms with E-state index in [9.17, 15) is 24.8 Å². The average molecular weight is 491 g/mol. The van der Waals surface area contributed by atoms with Crippen LogP contribution in [0.5, 0.6) is 5.75 Å². The highest BCUT2D eigenvalue weighted by Crippen LogP contribution is 2.37. The second-order valence-electron chi connectivity index (χ2n) is 5.99. The predicted molar refractivity (Wildman–Crippen MR) is 116 cm³/mol. The molecular formula is C20H15BrN2O6S. The Kier molecular flexibility index (Phi) is 6.48. The molecule has 0 fully saturated rings. The van der Waals surface area contributed by atoms with E-state index in [1.807, 2.05) is 24.3 Å². The number of thiophene rings is 1. The number of nitrogens with one attached hydrogen (secondary N) is 1. The number of hydrogen-bond acceptors (Lipinski definition) is 7. The molecule has 0 unspecified atom stereocenters. The minimum Gasteiger partial charge on any atom is -0.507 e. The molecule has 0 atom stereocenters. The number of amides is 1. The normalized spacial score (nSPS) is 10.5. The van der Waals surface area contributed by atoms with E-state index in [1.165, 1.54) is 0 Å². The zero-order chi connectivity index (χ0) is 21.8. The van der Waals surface area contributed by atoms with Crippen LogP contribution >= 0.6 is 27.3 Å². The maximum absolute atomic E-state index is 12.7. The van der Waals surface area contributed by atoms with Gasteiger partial charge in [-0.05, 0) is 30.7 Å². The molecule has 0 aliphatic heterocycles. The van der Waals surface area contributed by atoms with E-state index < -0.39 is 22.5 Å². The summed E-state index contributed by atoms with van der Waals surface area (Å²) in [5.41, 5.74) is 0.867. The Morgan fingerprint density at radius 1 is 1.23 bits per heavy atom. The third-order valence-corrected chi connectivity index (χ3v) is 5.51. The minimum atomic E-state index is -0.786. The lowest BCUT2D eigenvalue weighted by Crippen LogP contribution is -2.15. The van der Waals surface area contributed by atoms with Gasteiger partial charge in [0.25, 0.3) is 11.6 Å². The number of carbonyl (C=O) groups is 2. The van der Waals surface area contributed by atoms with Crippen molar-refractivity contribution >= 4 is 49.8 Å². The molecule has 154 valence electrons. The van der Waals surface area contributed by atoms with Gasteiger partial charge in [-0.3, -0.25) is 14.9 Å². The second-order valence-corrected chi connectivity index (χ2v) is 7.79. The molecule has 1 aromatic heterocycles. The SMILES string of the molecule is CCOC(=O)c1c(-c2ccc(Br)cc2)csc1NC(=O)c1cc([N+](=O)[O-])ccc1O. The molecule has 30 heavy (non-hydrogen) atoms. The molecule has 0 spiro atoms. The molecule has 3 rings (SSSR count). The largest absolute Gasteiger partial charge is 0.507 e. The van der Waals surface area contributed by atoms with Gasteiger partial charge >= 0.3 is 5.97 Å². The first-order valence-electron chi connectivity index (χ1n) is 8.65. The van der Waals surface area contributed by atoms with Gasteiger partial charge in [0.2, 0.25) is 0 Å². The quantitative estimate of drug-likeness (QED) is 0.277. The lowest BCUT2D eigenvalue weighted by molar-refractivity contribution is -0.384. The molecule has 0 saturated carbocycles. The van der Waals surface area contributed by atoms with E-state index in [1.54, 1.807) is 12.3 Å². The van der Waals surface area contributed by atoms with Gasteiger partial charge in [0.1, 0.15) is 16.3 Å². The number of ether oxygens (including phenoxy) is 1. The van der Waals surface area contributed by atoms with E-state index >= 15 is 0 Å². The topological polar surface area (TPSA) is 119 Å². The van der Waals surface area contributed by atoms with Gasteiger partial charge in [-0.25, -0.2) is 4.79 Å². The van der Waals surface area contributed by atoms with Crippen molar-refractivity contribution in [3.05, 3.63) is 73.6 Å². The summed E-state index contributed by atoms with van der Waals surface area (Å²) in [6.45, 7) is 1.82. The van der Waals surface area contributed by atoms with Crippen LogP contribution < -0.4 is 5.32 Å². The lowest BCUT2D eigenvalue weighted by Gasteiger charge is -2.09. The van der Waals surface area contributed by atoms with Gasteiger partial charge in [-0.2, -0.15) is 0 Å². The number of anilines is 1. The molecule has 2 aromatic carbocycles. The van der Waals surface area contributed by atoms with Crippen LogP contribution in [0.25, 0.3) is 11.1 Å². The first-order chi connectivity index (χ1) is 14.3. The predicted octanol–water partition coefficient (Wildman–Crippen LogP) is 5.22. The summed E-state index contributed by atoms with van der Waals surface area (Å²) in [6, 6.07) is 10.4. The molecule has 0 aliphatic carbocycles. The number of nitro groups is 1. The van der Waals surface area contributed by atoms with Crippen LogP contribution in [0, 0.1) is 10.1 Å². The summed E-state index contributed by atoms with van der Waals surface area (Å²) in [5, 5.41) is 25.4. The zero-order valence-electron chi connectivity index (χ0n) is 15.5. The van der Waals surface area contributed by atoms with Crippen molar-refractivity contribution in [1.29, 1.82) is 0 Å². The summed E-state index contributed by atoms with van der Waals surface area (Å²) in [4.78, 5) is 35.6. The van der Waals surface area contributed by atoms with Crippen molar-refractivity contribution in [3.63, 3.8) is 0 Å². The first kappa shape index (κ1) is 21.5. The van der Waals surface area contributed by atoms with Crippen LogP contribution in [-0.4, -0.2) is 28.5 Å². The van der Waals surface area contributed by atoms with Crippen LogP contribution in [-0.2, 0) is 4.74 Å². The summed E-state index contributed by atoms with van der Waals surface area (Å²) < 4.78 is 6.01. The fourth-order valence-electron chi connectivity index (χ4n) is 2.69. The van der Waals surface area contributed by atoms with Gasteiger partial charge in [0.15, 0.2) is 0 Å². The average Bonchev–Trinajstić information content (AvgIpc) is 3.12. The highest BCUT2D eigenvalue weighted by molar-refractivity contribution is 9.10. The van der Waals surface area contributed by atoms with E-state index in [-0.39, 0.29) is 28.4 Å². The van der Waals surface area contributed by atoms with Crippen molar-refractivity contribution in [2.75, 3.05) is 11.9 Å². The molecule has 0 saturated heterocycles. The smallest absolute Gasteiger partial charge is 0.341 e.